The Morgan fingerprint density at radius 1 is 0.760 bits per heavy atom. The summed E-state index contributed by atoms with van der Waals surface area (Å²) in [7, 11) is 4.21. The largest absolute Gasteiger partial charge is 0.351 e. The van der Waals surface area contributed by atoms with Crippen molar-refractivity contribution in [2.45, 2.75) is 6.54 Å². The van der Waals surface area contributed by atoms with Crippen LogP contribution in [-0.2, 0) is 6.54 Å². The molecule has 0 aliphatic rings. The maximum atomic E-state index is 4.86. The van der Waals surface area contributed by atoms with Gasteiger partial charge in [-0.1, -0.05) is 48.5 Å². The average Bonchev–Trinajstić information content (AvgIpc) is 2.59. The van der Waals surface area contributed by atoms with E-state index in [1.807, 2.05) is 6.07 Å². The third-order valence-electron chi connectivity index (χ3n) is 3.94. The number of nitrogens with zero attached hydrogens (tertiary/aromatic N) is 3. The number of aromatic nitrogens is 1. The number of likely N-dealkylation sites (N-methyl/N-ethyl adjacent to an activating group) is 1. The molecule has 0 unspecified atom stereocenters. The highest BCUT2D eigenvalue weighted by Gasteiger charge is 2.10. The van der Waals surface area contributed by atoms with Gasteiger partial charge in [0.1, 0.15) is 5.82 Å². The Kier molecular flexibility index (Phi) is 8.70. The van der Waals surface area contributed by atoms with Gasteiger partial charge in [0, 0.05) is 25.0 Å². The van der Waals surface area contributed by atoms with Crippen LogP contribution in [0.4, 0.5) is 5.82 Å². The summed E-state index contributed by atoms with van der Waals surface area (Å²) in [5.41, 5.74) is 2.36. The standard InChI is InChI=1S/C20H23N3.2ClH/c1-22(2)14-15-23(16-17-8-4-3-5-9-17)20-13-12-18-10-6-7-11-19(18)21-20;;/h3-13H,14-16H2,1-2H3;2*1H. The molecule has 0 spiro atoms. The minimum Gasteiger partial charge on any atom is -0.351 e. The summed E-state index contributed by atoms with van der Waals surface area (Å²) in [6.07, 6.45) is 0. The number of pyridine rings is 1. The van der Waals surface area contributed by atoms with Gasteiger partial charge >= 0.3 is 0 Å². The zero-order chi connectivity index (χ0) is 16.1. The van der Waals surface area contributed by atoms with Crippen LogP contribution in [0.1, 0.15) is 5.56 Å². The van der Waals surface area contributed by atoms with Crippen molar-refractivity contribution in [1.82, 2.24) is 9.88 Å². The Morgan fingerprint density at radius 3 is 2.16 bits per heavy atom. The van der Waals surface area contributed by atoms with Gasteiger partial charge in [-0.25, -0.2) is 4.98 Å². The second-order valence-corrected chi connectivity index (χ2v) is 6.07. The summed E-state index contributed by atoms with van der Waals surface area (Å²) >= 11 is 0. The monoisotopic (exact) mass is 377 g/mol. The van der Waals surface area contributed by atoms with Crippen molar-refractivity contribution >= 4 is 41.5 Å². The topological polar surface area (TPSA) is 19.4 Å². The molecule has 2 aromatic carbocycles. The molecule has 5 heteroatoms. The van der Waals surface area contributed by atoms with E-state index in [9.17, 15) is 0 Å². The van der Waals surface area contributed by atoms with Gasteiger partial charge in [-0.05, 0) is 37.9 Å². The van der Waals surface area contributed by atoms with Crippen molar-refractivity contribution in [3.63, 3.8) is 0 Å². The molecule has 0 amide bonds. The van der Waals surface area contributed by atoms with Gasteiger partial charge < -0.3 is 9.80 Å². The summed E-state index contributed by atoms with van der Waals surface area (Å²) in [6, 6.07) is 23.1. The highest BCUT2D eigenvalue weighted by molar-refractivity contribution is 5.85. The zero-order valence-corrected chi connectivity index (χ0v) is 16.3. The predicted octanol–water partition coefficient (Wildman–Crippen LogP) is 4.65. The Labute approximate surface area is 162 Å². The van der Waals surface area contributed by atoms with E-state index in [1.165, 1.54) is 10.9 Å². The molecule has 134 valence electrons. The Balaban J connectivity index is 0.00000156. The third kappa shape index (κ3) is 5.89. The summed E-state index contributed by atoms with van der Waals surface area (Å²) in [6.45, 7) is 2.83. The fourth-order valence-corrected chi connectivity index (χ4v) is 2.63. The zero-order valence-electron chi connectivity index (χ0n) is 14.6. The average molecular weight is 378 g/mol. The SMILES string of the molecule is CN(C)CCN(Cc1ccccc1)c1ccc2ccccc2n1.Cl.Cl. The molecule has 0 bridgehead atoms. The second-order valence-electron chi connectivity index (χ2n) is 6.07. The Bertz CT molecular complexity index is 763. The molecule has 0 radical (unpaired) electrons. The molecule has 0 saturated carbocycles. The number of hydrogen-bond acceptors (Lipinski definition) is 3. The lowest BCUT2D eigenvalue weighted by atomic mass is 10.2. The fourth-order valence-electron chi connectivity index (χ4n) is 2.63. The summed E-state index contributed by atoms with van der Waals surface area (Å²) < 4.78 is 0. The molecular formula is C20H25Cl2N3. The van der Waals surface area contributed by atoms with Crippen LogP contribution in [0.3, 0.4) is 0 Å². The number of para-hydroxylation sites is 1. The smallest absolute Gasteiger partial charge is 0.129 e. The van der Waals surface area contributed by atoms with Gasteiger partial charge in [-0.3, -0.25) is 0 Å². The Hall–Kier alpha value is -1.81. The molecular weight excluding hydrogens is 353 g/mol. The van der Waals surface area contributed by atoms with E-state index in [-0.39, 0.29) is 24.8 Å². The number of fused-ring (bicyclic) bond motifs is 1. The first-order chi connectivity index (χ1) is 11.2. The van der Waals surface area contributed by atoms with Crippen molar-refractivity contribution in [2.24, 2.45) is 0 Å². The third-order valence-corrected chi connectivity index (χ3v) is 3.94. The highest BCUT2D eigenvalue weighted by atomic mass is 35.5. The second kappa shape index (κ2) is 10.2. The molecule has 1 aromatic heterocycles. The molecule has 0 saturated heterocycles. The van der Waals surface area contributed by atoms with E-state index >= 15 is 0 Å². The van der Waals surface area contributed by atoms with Gasteiger partial charge in [0.25, 0.3) is 0 Å². The molecule has 1 heterocycles. The van der Waals surface area contributed by atoms with Crippen LogP contribution in [0, 0.1) is 0 Å². The number of halogens is 2. The highest BCUT2D eigenvalue weighted by Crippen LogP contribution is 2.19. The van der Waals surface area contributed by atoms with E-state index in [2.05, 4.69) is 84.6 Å². The van der Waals surface area contributed by atoms with Crippen LogP contribution in [0.25, 0.3) is 10.9 Å². The van der Waals surface area contributed by atoms with Crippen LogP contribution >= 0.6 is 24.8 Å². The van der Waals surface area contributed by atoms with Crippen LogP contribution in [0.2, 0.25) is 0 Å². The van der Waals surface area contributed by atoms with Crippen molar-refractivity contribution in [1.29, 1.82) is 0 Å². The van der Waals surface area contributed by atoms with Gasteiger partial charge in [-0.2, -0.15) is 0 Å². The lowest BCUT2D eigenvalue weighted by Crippen LogP contribution is -2.31. The van der Waals surface area contributed by atoms with Gasteiger partial charge in [0.15, 0.2) is 0 Å². The molecule has 0 fully saturated rings. The molecule has 0 aliphatic heterocycles. The maximum Gasteiger partial charge on any atom is 0.129 e. The van der Waals surface area contributed by atoms with E-state index in [0.717, 1.165) is 31.0 Å². The molecule has 0 N–H and O–H groups in total. The molecule has 3 nitrogen and oxygen atoms in total. The first kappa shape index (κ1) is 21.2. The predicted molar refractivity (Wildman–Crippen MR) is 112 cm³/mol. The molecule has 0 atom stereocenters. The number of rotatable bonds is 6. The van der Waals surface area contributed by atoms with Crippen LogP contribution in [0.5, 0.6) is 0 Å². The van der Waals surface area contributed by atoms with Gasteiger partial charge in [0.05, 0.1) is 5.52 Å². The van der Waals surface area contributed by atoms with Crippen LogP contribution in [0.15, 0.2) is 66.7 Å². The Morgan fingerprint density at radius 2 is 1.44 bits per heavy atom. The van der Waals surface area contributed by atoms with Crippen molar-refractivity contribution in [3.05, 3.63) is 72.3 Å². The van der Waals surface area contributed by atoms with E-state index in [1.54, 1.807) is 0 Å². The first-order valence-corrected chi connectivity index (χ1v) is 8.02. The molecule has 0 aliphatic carbocycles. The number of hydrogen-bond donors (Lipinski definition) is 0. The van der Waals surface area contributed by atoms with E-state index < -0.39 is 0 Å². The minimum atomic E-state index is 0. The maximum absolute atomic E-state index is 4.86. The minimum absolute atomic E-state index is 0. The lowest BCUT2D eigenvalue weighted by Gasteiger charge is -2.26. The number of benzene rings is 2. The molecule has 25 heavy (non-hydrogen) atoms. The normalized spacial score (nSPS) is 10.2. The molecule has 3 aromatic rings. The van der Waals surface area contributed by atoms with Gasteiger partial charge in [-0.15, -0.1) is 24.8 Å². The van der Waals surface area contributed by atoms with Crippen molar-refractivity contribution < 1.29 is 0 Å². The van der Waals surface area contributed by atoms with Crippen molar-refractivity contribution in [2.75, 3.05) is 32.1 Å². The summed E-state index contributed by atoms with van der Waals surface area (Å²) in [4.78, 5) is 9.41. The van der Waals surface area contributed by atoms with Crippen LogP contribution < -0.4 is 4.90 Å². The van der Waals surface area contributed by atoms with E-state index in [4.69, 9.17) is 4.98 Å². The summed E-state index contributed by atoms with van der Waals surface area (Å²) in [5.74, 6) is 1.04. The quantitative estimate of drug-likeness (QED) is 0.623. The van der Waals surface area contributed by atoms with Crippen molar-refractivity contribution in [3.8, 4) is 0 Å². The lowest BCUT2D eigenvalue weighted by molar-refractivity contribution is 0.412. The summed E-state index contributed by atoms with van der Waals surface area (Å²) in [5, 5.41) is 1.18. The number of anilines is 1. The molecule has 3 rings (SSSR count). The first-order valence-electron chi connectivity index (χ1n) is 8.02. The van der Waals surface area contributed by atoms with Crippen LogP contribution in [-0.4, -0.2) is 37.1 Å². The fraction of sp³-hybridized carbons (Fsp3) is 0.250. The van der Waals surface area contributed by atoms with E-state index in [0.29, 0.717) is 0 Å². The van der Waals surface area contributed by atoms with Gasteiger partial charge in [0.2, 0.25) is 0 Å².